The molecule has 150 valence electrons. The molecule has 0 saturated carbocycles. The molecule has 8 heteroatoms. The molecule has 3 atom stereocenters. The molecule has 7 nitrogen and oxygen atoms in total. The van der Waals surface area contributed by atoms with Gasteiger partial charge in [-0.25, -0.2) is 9.78 Å². The van der Waals surface area contributed by atoms with Gasteiger partial charge in [0.15, 0.2) is 0 Å². The monoisotopic (exact) mass is 409 g/mol. The second kappa shape index (κ2) is 7.35. The van der Waals surface area contributed by atoms with Gasteiger partial charge < -0.3 is 16.0 Å². The molecule has 1 aromatic carbocycles. The third-order valence-corrected chi connectivity index (χ3v) is 6.99. The van der Waals surface area contributed by atoms with Crippen molar-refractivity contribution in [3.63, 3.8) is 0 Å². The normalized spacial score (nSPS) is 25.3. The molecular weight excluding hydrogens is 386 g/mol. The summed E-state index contributed by atoms with van der Waals surface area (Å²) < 4.78 is 0. The Morgan fingerprint density at radius 2 is 2.10 bits per heavy atom. The van der Waals surface area contributed by atoms with Crippen LogP contribution in [-0.4, -0.2) is 41.3 Å². The molecule has 0 radical (unpaired) electrons. The lowest BCUT2D eigenvalue weighted by Gasteiger charge is -2.34. The molecule has 0 bridgehead atoms. The van der Waals surface area contributed by atoms with Gasteiger partial charge in [0.2, 0.25) is 5.91 Å². The number of hydrogen-bond donors (Lipinski definition) is 3. The first-order chi connectivity index (χ1) is 14.1. The number of carbonyl (C=O) groups excluding carboxylic acids is 2. The van der Waals surface area contributed by atoms with Gasteiger partial charge in [-0.3, -0.25) is 9.69 Å². The Kier molecular flexibility index (Phi) is 4.67. The zero-order valence-electron chi connectivity index (χ0n) is 16.1. The highest BCUT2D eigenvalue weighted by molar-refractivity contribution is 8.01. The highest BCUT2D eigenvalue weighted by atomic mass is 32.2. The van der Waals surface area contributed by atoms with Crippen LogP contribution in [0.3, 0.4) is 0 Å². The second-order valence-corrected chi connectivity index (χ2v) is 8.87. The summed E-state index contributed by atoms with van der Waals surface area (Å²) in [5.41, 5.74) is 3.66. The zero-order valence-corrected chi connectivity index (χ0v) is 17.0. The van der Waals surface area contributed by atoms with Crippen molar-refractivity contribution in [3.05, 3.63) is 47.7 Å². The van der Waals surface area contributed by atoms with Crippen molar-refractivity contribution in [2.45, 2.75) is 42.1 Å². The number of benzene rings is 1. The van der Waals surface area contributed by atoms with Gasteiger partial charge in [0.05, 0.1) is 17.4 Å². The Morgan fingerprint density at radius 1 is 1.28 bits per heavy atom. The molecular formula is C21H23N5O2S. The largest absolute Gasteiger partial charge is 0.351 e. The van der Waals surface area contributed by atoms with Gasteiger partial charge in [0.1, 0.15) is 10.3 Å². The highest BCUT2D eigenvalue weighted by Crippen LogP contribution is 2.50. The summed E-state index contributed by atoms with van der Waals surface area (Å²) in [5.74, 6) is -0.0401. The SMILES string of the molecule is Cc1ccc(N2C(=O)NC3c4c2ccnc4S[C@H]3C(=O)NC2CCCNC2)cc1. The smallest absolute Gasteiger partial charge is 0.327 e. The lowest BCUT2D eigenvalue weighted by Crippen LogP contribution is -2.52. The fourth-order valence-electron chi connectivity index (χ4n) is 4.23. The van der Waals surface area contributed by atoms with E-state index in [1.165, 1.54) is 11.8 Å². The van der Waals surface area contributed by atoms with Gasteiger partial charge >= 0.3 is 6.03 Å². The standard InChI is InChI=1S/C21H23N5O2S/c1-12-4-6-14(7-5-12)26-15-8-10-23-20-16(15)17(25-21(26)28)18(29-20)19(27)24-13-3-2-9-22-11-13/h4-8,10,13,17-18,22H,2-3,9,11H2,1H3,(H,24,27)(H,25,28)/t13?,17?,18-/m1/s1. The summed E-state index contributed by atoms with van der Waals surface area (Å²) >= 11 is 1.44. The van der Waals surface area contributed by atoms with Crippen LogP contribution in [0.4, 0.5) is 16.2 Å². The first kappa shape index (κ1) is 18.4. The molecule has 1 aromatic heterocycles. The molecule has 3 aliphatic heterocycles. The van der Waals surface area contributed by atoms with E-state index in [0.717, 1.165) is 53.5 Å². The van der Waals surface area contributed by atoms with Gasteiger partial charge in [0, 0.05) is 24.3 Å². The Hall–Kier alpha value is -2.58. The van der Waals surface area contributed by atoms with E-state index < -0.39 is 5.25 Å². The third kappa shape index (κ3) is 3.26. The number of pyridine rings is 1. The molecule has 3 N–H and O–H groups in total. The summed E-state index contributed by atoms with van der Waals surface area (Å²) in [4.78, 5) is 32.2. The summed E-state index contributed by atoms with van der Waals surface area (Å²) in [5, 5.41) is 9.93. The van der Waals surface area contributed by atoms with Crippen LogP contribution in [0, 0.1) is 6.92 Å². The number of piperidine rings is 1. The minimum atomic E-state index is -0.412. The average Bonchev–Trinajstić information content (AvgIpc) is 3.10. The number of thioether (sulfide) groups is 1. The van der Waals surface area contributed by atoms with Crippen molar-refractivity contribution in [1.82, 2.24) is 20.9 Å². The van der Waals surface area contributed by atoms with E-state index >= 15 is 0 Å². The van der Waals surface area contributed by atoms with Crippen LogP contribution < -0.4 is 20.9 Å². The molecule has 3 amide bonds. The molecule has 4 heterocycles. The minimum Gasteiger partial charge on any atom is -0.351 e. The first-order valence-electron chi connectivity index (χ1n) is 9.96. The maximum Gasteiger partial charge on any atom is 0.327 e. The van der Waals surface area contributed by atoms with Crippen molar-refractivity contribution < 1.29 is 9.59 Å². The number of rotatable bonds is 3. The summed E-state index contributed by atoms with van der Waals surface area (Å²) in [6, 6.07) is 9.24. The molecule has 2 unspecified atom stereocenters. The van der Waals surface area contributed by atoms with Gasteiger partial charge in [0.25, 0.3) is 0 Å². The van der Waals surface area contributed by atoms with Crippen LogP contribution >= 0.6 is 11.8 Å². The van der Waals surface area contributed by atoms with E-state index in [0.29, 0.717) is 0 Å². The van der Waals surface area contributed by atoms with E-state index in [1.54, 1.807) is 11.1 Å². The predicted octanol–water partition coefficient (Wildman–Crippen LogP) is 2.63. The lowest BCUT2D eigenvalue weighted by molar-refractivity contribution is -0.121. The molecule has 1 fully saturated rings. The maximum absolute atomic E-state index is 13.0. The molecule has 2 aromatic rings. The van der Waals surface area contributed by atoms with E-state index in [4.69, 9.17) is 0 Å². The Bertz CT molecular complexity index is 958. The van der Waals surface area contributed by atoms with Gasteiger partial charge in [-0.05, 0) is 44.5 Å². The van der Waals surface area contributed by atoms with Crippen LogP contribution in [0.15, 0.2) is 41.6 Å². The summed E-state index contributed by atoms with van der Waals surface area (Å²) in [7, 11) is 0. The fraction of sp³-hybridized carbons (Fsp3) is 0.381. The Morgan fingerprint density at radius 3 is 2.86 bits per heavy atom. The zero-order chi connectivity index (χ0) is 20.0. The van der Waals surface area contributed by atoms with Crippen molar-refractivity contribution >= 4 is 35.1 Å². The van der Waals surface area contributed by atoms with Crippen LogP contribution in [0.1, 0.15) is 30.0 Å². The Labute approximate surface area is 173 Å². The average molecular weight is 410 g/mol. The minimum absolute atomic E-state index is 0.0401. The molecule has 1 saturated heterocycles. The quantitative estimate of drug-likeness (QED) is 0.726. The number of aryl methyl sites for hydroxylation is 1. The van der Waals surface area contributed by atoms with Crippen molar-refractivity contribution in [3.8, 4) is 0 Å². The summed E-state index contributed by atoms with van der Waals surface area (Å²) in [6.07, 6.45) is 3.74. The number of amides is 3. The van der Waals surface area contributed by atoms with Crippen LogP contribution in [0.25, 0.3) is 0 Å². The number of anilines is 2. The highest BCUT2D eigenvalue weighted by Gasteiger charge is 2.46. The second-order valence-electron chi connectivity index (χ2n) is 7.74. The predicted molar refractivity (Wildman–Crippen MR) is 113 cm³/mol. The van der Waals surface area contributed by atoms with Gasteiger partial charge in [-0.2, -0.15) is 0 Å². The number of urea groups is 1. The third-order valence-electron chi connectivity index (χ3n) is 5.70. The molecule has 3 aliphatic rings. The van der Waals surface area contributed by atoms with E-state index in [-0.39, 0.29) is 24.0 Å². The molecule has 0 aliphatic carbocycles. The number of hydrogen-bond acceptors (Lipinski definition) is 5. The van der Waals surface area contributed by atoms with E-state index in [1.807, 2.05) is 37.3 Å². The fourth-order valence-corrected chi connectivity index (χ4v) is 5.47. The number of carbonyl (C=O) groups is 2. The van der Waals surface area contributed by atoms with Crippen molar-refractivity contribution in [1.29, 1.82) is 0 Å². The van der Waals surface area contributed by atoms with Crippen LogP contribution in [-0.2, 0) is 4.79 Å². The van der Waals surface area contributed by atoms with Gasteiger partial charge in [-0.1, -0.05) is 29.5 Å². The Balaban J connectivity index is 1.45. The topological polar surface area (TPSA) is 86.4 Å². The van der Waals surface area contributed by atoms with E-state index in [9.17, 15) is 9.59 Å². The lowest BCUT2D eigenvalue weighted by atomic mass is 9.99. The number of nitrogens with one attached hydrogen (secondary N) is 3. The maximum atomic E-state index is 13.0. The van der Waals surface area contributed by atoms with Gasteiger partial charge in [-0.15, -0.1) is 0 Å². The number of nitrogens with zero attached hydrogens (tertiary/aromatic N) is 2. The van der Waals surface area contributed by atoms with Crippen molar-refractivity contribution in [2.24, 2.45) is 0 Å². The first-order valence-corrected chi connectivity index (χ1v) is 10.8. The molecule has 29 heavy (non-hydrogen) atoms. The van der Waals surface area contributed by atoms with E-state index in [2.05, 4.69) is 20.9 Å². The van der Waals surface area contributed by atoms with Crippen LogP contribution in [0.2, 0.25) is 0 Å². The molecule has 0 spiro atoms. The van der Waals surface area contributed by atoms with Crippen molar-refractivity contribution in [2.75, 3.05) is 18.0 Å². The van der Waals surface area contributed by atoms with Crippen LogP contribution in [0.5, 0.6) is 0 Å². The molecule has 5 rings (SSSR count). The summed E-state index contributed by atoms with van der Waals surface area (Å²) in [6.45, 7) is 3.80. The number of aromatic nitrogens is 1.